The van der Waals surface area contributed by atoms with Crippen molar-refractivity contribution in [2.45, 2.75) is 53.8 Å². The van der Waals surface area contributed by atoms with E-state index < -0.39 is 23.5 Å². The summed E-state index contributed by atoms with van der Waals surface area (Å²) in [4.78, 5) is 25.8. The van der Waals surface area contributed by atoms with Crippen molar-refractivity contribution in [2.24, 2.45) is 11.3 Å². The molecule has 0 aliphatic carbocycles. The second-order valence-corrected chi connectivity index (χ2v) is 11.2. The fraction of sp³-hybridized carbons (Fsp3) is 0.440. The molecule has 3 rings (SSSR count). The standard InChI is InChI=1S/C25H27BrCl2O7/c1-11(2)9-14(29)12-7-8-15-16(20(12)32-6)23(30)33-10-13-18(27)17(26)19(28)22(21(13)34-15)35-24(31)25(3,4)5/h7-8,11,14,29H,9-10H2,1-6H3. The van der Waals surface area contributed by atoms with Gasteiger partial charge in [-0.25, -0.2) is 4.79 Å². The molecule has 1 atom stereocenters. The molecule has 7 nitrogen and oxygen atoms in total. The Labute approximate surface area is 222 Å². The van der Waals surface area contributed by atoms with Crippen molar-refractivity contribution in [1.29, 1.82) is 0 Å². The van der Waals surface area contributed by atoms with Crippen LogP contribution in [0, 0.1) is 11.3 Å². The van der Waals surface area contributed by atoms with Crippen LogP contribution in [0.1, 0.15) is 68.6 Å². The third-order valence-corrected chi connectivity index (χ3v) is 7.34. The van der Waals surface area contributed by atoms with E-state index in [1.165, 1.54) is 13.2 Å². The van der Waals surface area contributed by atoms with Crippen LogP contribution in [0.4, 0.5) is 0 Å². The molecule has 1 heterocycles. The minimum Gasteiger partial charge on any atom is -0.495 e. The number of benzene rings is 2. The highest BCUT2D eigenvalue weighted by atomic mass is 79.9. The second kappa shape index (κ2) is 10.5. The molecule has 0 bridgehead atoms. The Balaban J connectivity index is 2.23. The van der Waals surface area contributed by atoms with Gasteiger partial charge in [-0.1, -0.05) is 37.0 Å². The lowest BCUT2D eigenvalue weighted by Crippen LogP contribution is -2.26. The lowest BCUT2D eigenvalue weighted by molar-refractivity contribution is -0.143. The van der Waals surface area contributed by atoms with Gasteiger partial charge in [-0.3, -0.25) is 4.79 Å². The van der Waals surface area contributed by atoms with Crippen LogP contribution in [-0.2, 0) is 16.1 Å². The van der Waals surface area contributed by atoms with E-state index in [2.05, 4.69) is 15.9 Å². The predicted molar refractivity (Wildman–Crippen MR) is 136 cm³/mol. The van der Waals surface area contributed by atoms with Gasteiger partial charge >= 0.3 is 11.9 Å². The summed E-state index contributed by atoms with van der Waals surface area (Å²) < 4.78 is 23.1. The molecule has 2 aromatic carbocycles. The van der Waals surface area contributed by atoms with Gasteiger partial charge in [0.15, 0.2) is 11.5 Å². The highest BCUT2D eigenvalue weighted by molar-refractivity contribution is 9.10. The molecule has 1 aliphatic rings. The Morgan fingerprint density at radius 3 is 2.43 bits per heavy atom. The van der Waals surface area contributed by atoms with E-state index in [1.54, 1.807) is 26.8 Å². The molecule has 1 N–H and O–H groups in total. The zero-order chi connectivity index (χ0) is 26.2. The summed E-state index contributed by atoms with van der Waals surface area (Å²) in [5, 5.41) is 10.9. The van der Waals surface area contributed by atoms with Gasteiger partial charge in [-0.2, -0.15) is 0 Å². The SMILES string of the molecule is COc1c(C(O)CC(C)C)ccc2c1C(=O)OCc1c(Cl)c(Br)c(Cl)c(OC(=O)C(C)(C)C)c1O2. The van der Waals surface area contributed by atoms with Gasteiger partial charge < -0.3 is 24.1 Å². The Morgan fingerprint density at radius 2 is 1.86 bits per heavy atom. The van der Waals surface area contributed by atoms with Gasteiger partial charge in [0.2, 0.25) is 0 Å². The summed E-state index contributed by atoms with van der Waals surface area (Å²) in [5.41, 5.74) is -0.158. The van der Waals surface area contributed by atoms with E-state index in [1.807, 2.05) is 13.8 Å². The molecule has 1 aliphatic heterocycles. The molecule has 0 fully saturated rings. The topological polar surface area (TPSA) is 91.3 Å². The van der Waals surface area contributed by atoms with Crippen LogP contribution in [0.3, 0.4) is 0 Å². The molecular formula is C25H27BrCl2O7. The second-order valence-electron chi connectivity index (χ2n) is 9.60. The Kier molecular flexibility index (Phi) is 8.31. The molecule has 0 radical (unpaired) electrons. The monoisotopic (exact) mass is 588 g/mol. The van der Waals surface area contributed by atoms with Crippen molar-refractivity contribution in [3.05, 3.63) is 43.3 Å². The summed E-state index contributed by atoms with van der Waals surface area (Å²) in [6, 6.07) is 3.13. The molecule has 1 unspecified atom stereocenters. The number of ether oxygens (including phenoxy) is 4. The first kappa shape index (κ1) is 27.6. The van der Waals surface area contributed by atoms with Gasteiger partial charge in [0.1, 0.15) is 28.7 Å². The Hall–Kier alpha value is -2.00. The van der Waals surface area contributed by atoms with Crippen LogP contribution in [0.5, 0.6) is 23.0 Å². The maximum Gasteiger partial charge on any atom is 0.346 e. The van der Waals surface area contributed by atoms with Crippen molar-refractivity contribution in [3.8, 4) is 23.0 Å². The van der Waals surface area contributed by atoms with E-state index in [4.69, 9.17) is 42.1 Å². The number of carbonyl (C=O) groups excluding carboxylic acids is 2. The smallest absolute Gasteiger partial charge is 0.346 e. The molecule has 0 saturated heterocycles. The fourth-order valence-electron chi connectivity index (χ4n) is 3.47. The van der Waals surface area contributed by atoms with Crippen molar-refractivity contribution < 1.29 is 33.6 Å². The molecule has 2 aromatic rings. The first-order valence-electron chi connectivity index (χ1n) is 10.9. The zero-order valence-electron chi connectivity index (χ0n) is 20.3. The van der Waals surface area contributed by atoms with Crippen molar-refractivity contribution in [1.82, 2.24) is 0 Å². The van der Waals surface area contributed by atoms with Crippen molar-refractivity contribution in [2.75, 3.05) is 7.11 Å². The van der Waals surface area contributed by atoms with Crippen LogP contribution < -0.4 is 14.2 Å². The van der Waals surface area contributed by atoms with Gasteiger partial charge in [-0.05, 0) is 61.2 Å². The quantitative estimate of drug-likeness (QED) is 0.223. The summed E-state index contributed by atoms with van der Waals surface area (Å²) >= 11 is 16.3. The number of aliphatic hydroxyl groups is 1. The summed E-state index contributed by atoms with van der Waals surface area (Å²) in [7, 11) is 1.39. The Bertz CT molecular complexity index is 1170. The van der Waals surface area contributed by atoms with E-state index in [9.17, 15) is 14.7 Å². The van der Waals surface area contributed by atoms with Crippen LogP contribution in [-0.4, -0.2) is 24.2 Å². The van der Waals surface area contributed by atoms with E-state index in [-0.39, 0.29) is 61.2 Å². The van der Waals surface area contributed by atoms with Gasteiger partial charge in [0, 0.05) is 5.56 Å². The number of esters is 2. The van der Waals surface area contributed by atoms with Gasteiger partial charge in [0.05, 0.1) is 33.7 Å². The minimum absolute atomic E-state index is 0.0123. The van der Waals surface area contributed by atoms with E-state index in [0.717, 1.165) is 0 Å². The molecule has 0 amide bonds. The average molecular weight is 590 g/mol. The number of cyclic esters (lactones) is 1. The maximum atomic E-state index is 13.1. The molecule has 190 valence electrons. The highest BCUT2D eigenvalue weighted by Gasteiger charge is 2.34. The number of aliphatic hydroxyl groups excluding tert-OH is 1. The number of fused-ring (bicyclic) bond motifs is 2. The van der Waals surface area contributed by atoms with E-state index in [0.29, 0.717) is 12.0 Å². The number of hydrogen-bond acceptors (Lipinski definition) is 7. The van der Waals surface area contributed by atoms with Crippen LogP contribution in [0.15, 0.2) is 16.6 Å². The average Bonchev–Trinajstić information content (AvgIpc) is 2.76. The molecule has 0 spiro atoms. The molecule has 35 heavy (non-hydrogen) atoms. The van der Waals surface area contributed by atoms with Crippen molar-refractivity contribution in [3.63, 3.8) is 0 Å². The van der Waals surface area contributed by atoms with Gasteiger partial charge in [0.25, 0.3) is 0 Å². The molecular weight excluding hydrogens is 563 g/mol. The van der Waals surface area contributed by atoms with E-state index >= 15 is 0 Å². The zero-order valence-corrected chi connectivity index (χ0v) is 23.4. The first-order valence-corrected chi connectivity index (χ1v) is 12.5. The Morgan fingerprint density at radius 1 is 1.20 bits per heavy atom. The minimum atomic E-state index is -0.871. The van der Waals surface area contributed by atoms with Crippen LogP contribution >= 0.6 is 39.1 Å². The number of halogens is 3. The predicted octanol–water partition coefficient (Wildman–Crippen LogP) is 7.26. The third-order valence-electron chi connectivity index (χ3n) is 5.31. The normalized spacial score (nSPS) is 14.2. The van der Waals surface area contributed by atoms with Crippen molar-refractivity contribution >= 4 is 51.1 Å². The number of rotatable bonds is 5. The third kappa shape index (κ3) is 5.56. The van der Waals surface area contributed by atoms with Gasteiger partial charge in [-0.15, -0.1) is 0 Å². The lowest BCUT2D eigenvalue weighted by Gasteiger charge is -2.26. The maximum absolute atomic E-state index is 13.1. The summed E-state index contributed by atoms with van der Waals surface area (Å²) in [6.07, 6.45) is -0.413. The lowest BCUT2D eigenvalue weighted by atomic mass is 9.96. The first-order chi connectivity index (χ1) is 16.3. The molecule has 0 aromatic heterocycles. The van der Waals surface area contributed by atoms with Crippen LogP contribution in [0.2, 0.25) is 10.0 Å². The number of carbonyl (C=O) groups is 2. The largest absolute Gasteiger partial charge is 0.495 e. The summed E-state index contributed by atoms with van der Waals surface area (Å²) in [5.74, 6) is -0.909. The van der Waals surface area contributed by atoms with Crippen LogP contribution in [0.25, 0.3) is 0 Å². The fourth-order valence-corrected chi connectivity index (χ4v) is 4.39. The number of methoxy groups -OCH3 is 1. The number of hydrogen-bond donors (Lipinski definition) is 1. The summed E-state index contributed by atoms with van der Waals surface area (Å²) in [6.45, 7) is 8.76. The highest BCUT2D eigenvalue weighted by Crippen LogP contribution is 2.52. The molecule has 10 heteroatoms. The molecule has 0 saturated carbocycles.